The molecule has 0 aliphatic heterocycles. The number of pyridine rings is 1. The molecule has 0 saturated heterocycles. The maximum absolute atomic E-state index is 12.8. The number of hydrogen-bond acceptors (Lipinski definition) is 6. The normalized spacial score (nSPS) is 16.0. The van der Waals surface area contributed by atoms with Gasteiger partial charge in [-0.25, -0.2) is 23.4 Å². The highest BCUT2D eigenvalue weighted by atomic mass is 32.2. The predicted molar refractivity (Wildman–Crippen MR) is 109 cm³/mol. The molecule has 1 N–H and O–H groups in total. The third-order valence-corrected chi connectivity index (χ3v) is 7.00. The third kappa shape index (κ3) is 3.82. The molecule has 1 aliphatic rings. The van der Waals surface area contributed by atoms with E-state index in [1.165, 1.54) is 0 Å². The second kappa shape index (κ2) is 7.83. The zero-order valence-corrected chi connectivity index (χ0v) is 18.0. The van der Waals surface area contributed by atoms with Crippen molar-refractivity contribution in [2.75, 3.05) is 0 Å². The zero-order chi connectivity index (χ0) is 23.3. The molecule has 0 spiro atoms. The molecule has 0 bridgehead atoms. The summed E-state index contributed by atoms with van der Waals surface area (Å²) < 4.78 is 66.4. The Labute approximate surface area is 182 Å². The molecule has 32 heavy (non-hydrogen) atoms. The van der Waals surface area contributed by atoms with Gasteiger partial charge in [0.1, 0.15) is 28.3 Å². The van der Waals surface area contributed by atoms with Crippen LogP contribution in [0.3, 0.4) is 0 Å². The van der Waals surface area contributed by atoms with Gasteiger partial charge in [-0.05, 0) is 44.7 Å². The van der Waals surface area contributed by atoms with E-state index >= 15 is 0 Å². The Morgan fingerprint density at radius 2 is 1.88 bits per heavy atom. The average molecular weight is 464 g/mol. The zero-order valence-electron chi connectivity index (χ0n) is 17.2. The van der Waals surface area contributed by atoms with Crippen LogP contribution in [0.1, 0.15) is 43.4 Å². The summed E-state index contributed by atoms with van der Waals surface area (Å²) in [5.74, 6) is 0.104. The number of aryl methyl sites for hydroxylation is 1. The molecule has 3 heterocycles. The number of halogens is 3. The molecule has 1 atom stereocenters. The highest BCUT2D eigenvalue weighted by Crippen LogP contribution is 2.41. The van der Waals surface area contributed by atoms with Gasteiger partial charge in [-0.3, -0.25) is 0 Å². The van der Waals surface area contributed by atoms with Crippen LogP contribution in [0.4, 0.5) is 13.2 Å². The summed E-state index contributed by atoms with van der Waals surface area (Å²) in [5.41, 5.74) is 2.24. The Kier molecular flexibility index (Phi) is 5.42. The van der Waals surface area contributed by atoms with Crippen LogP contribution in [0.2, 0.25) is 0 Å². The summed E-state index contributed by atoms with van der Waals surface area (Å²) in [7, 11) is -4.49. The molecular formula is C20H19F3N6O2S. The minimum Gasteiger partial charge on any atom is -0.318 e. The van der Waals surface area contributed by atoms with Crippen LogP contribution in [0, 0.1) is 18.3 Å². The van der Waals surface area contributed by atoms with Crippen LogP contribution in [0.15, 0.2) is 29.6 Å². The van der Waals surface area contributed by atoms with E-state index < -0.39 is 27.1 Å². The van der Waals surface area contributed by atoms with E-state index in [-0.39, 0.29) is 11.9 Å². The number of aromatic nitrogens is 4. The quantitative estimate of drug-likeness (QED) is 0.617. The van der Waals surface area contributed by atoms with Crippen molar-refractivity contribution in [3.63, 3.8) is 0 Å². The number of nitriles is 1. The molecule has 0 radical (unpaired) electrons. The molecule has 1 fully saturated rings. The fourth-order valence-electron chi connectivity index (χ4n) is 3.57. The first-order valence-electron chi connectivity index (χ1n) is 9.85. The fraction of sp³-hybridized carbons (Fsp3) is 0.400. The number of nitrogens with zero attached hydrogens (tertiary/aromatic N) is 5. The Balaban J connectivity index is 1.80. The van der Waals surface area contributed by atoms with Gasteiger partial charge in [0.2, 0.25) is 10.0 Å². The Morgan fingerprint density at radius 3 is 2.41 bits per heavy atom. The Bertz CT molecular complexity index is 1320. The van der Waals surface area contributed by atoms with Crippen LogP contribution >= 0.6 is 0 Å². The SMILES string of the molecule is Cc1cnc2c(c1)c(C#N)c(-c1ncc(S(=O)(=O)N[C@@H](C)C(F)(F)F)cn1)n2C1CCC1. The predicted octanol–water partition coefficient (Wildman–Crippen LogP) is 3.63. The molecule has 1 aliphatic carbocycles. The minimum atomic E-state index is -4.73. The van der Waals surface area contributed by atoms with Gasteiger partial charge < -0.3 is 4.57 Å². The molecule has 3 aromatic heterocycles. The molecule has 1 saturated carbocycles. The van der Waals surface area contributed by atoms with Crippen molar-refractivity contribution in [3.05, 3.63) is 35.8 Å². The average Bonchev–Trinajstić information content (AvgIpc) is 2.99. The molecular weight excluding hydrogens is 445 g/mol. The maximum Gasteiger partial charge on any atom is 0.404 e. The first kappa shape index (κ1) is 22.2. The number of nitrogens with one attached hydrogen (secondary N) is 1. The summed E-state index contributed by atoms with van der Waals surface area (Å²) in [6.45, 7) is 2.57. The molecule has 0 unspecified atom stereocenters. The largest absolute Gasteiger partial charge is 0.404 e. The van der Waals surface area contributed by atoms with E-state index in [4.69, 9.17) is 0 Å². The van der Waals surface area contributed by atoms with Crippen molar-refractivity contribution in [1.29, 1.82) is 5.26 Å². The summed E-state index contributed by atoms with van der Waals surface area (Å²) >= 11 is 0. The van der Waals surface area contributed by atoms with Gasteiger partial charge in [0, 0.05) is 17.6 Å². The monoisotopic (exact) mass is 464 g/mol. The van der Waals surface area contributed by atoms with Crippen molar-refractivity contribution in [3.8, 4) is 17.6 Å². The van der Waals surface area contributed by atoms with Crippen molar-refractivity contribution < 1.29 is 21.6 Å². The number of alkyl halides is 3. The Hall–Kier alpha value is -3.04. The lowest BCUT2D eigenvalue weighted by molar-refractivity contribution is -0.147. The van der Waals surface area contributed by atoms with E-state index in [9.17, 15) is 26.9 Å². The van der Waals surface area contributed by atoms with Gasteiger partial charge in [-0.2, -0.15) is 23.2 Å². The van der Waals surface area contributed by atoms with E-state index in [0.29, 0.717) is 29.2 Å². The van der Waals surface area contributed by atoms with Gasteiger partial charge in [0.15, 0.2) is 5.82 Å². The first-order chi connectivity index (χ1) is 15.0. The van der Waals surface area contributed by atoms with E-state index in [0.717, 1.165) is 37.2 Å². The number of fused-ring (bicyclic) bond motifs is 1. The lowest BCUT2D eigenvalue weighted by Crippen LogP contribution is -2.43. The number of hydrogen-bond donors (Lipinski definition) is 1. The van der Waals surface area contributed by atoms with E-state index in [1.807, 2.05) is 17.6 Å². The fourth-order valence-corrected chi connectivity index (χ4v) is 4.69. The molecule has 168 valence electrons. The van der Waals surface area contributed by atoms with Crippen molar-refractivity contribution in [2.24, 2.45) is 0 Å². The smallest absolute Gasteiger partial charge is 0.318 e. The lowest BCUT2D eigenvalue weighted by atomic mass is 9.92. The second-order valence-corrected chi connectivity index (χ2v) is 9.51. The topological polar surface area (TPSA) is 114 Å². The lowest BCUT2D eigenvalue weighted by Gasteiger charge is -2.29. The molecule has 0 aromatic carbocycles. The Morgan fingerprint density at radius 1 is 1.22 bits per heavy atom. The number of rotatable bonds is 5. The summed E-state index contributed by atoms with van der Waals surface area (Å²) in [6, 6.07) is 1.86. The maximum atomic E-state index is 12.8. The second-order valence-electron chi connectivity index (χ2n) is 7.80. The molecule has 4 rings (SSSR count). The van der Waals surface area contributed by atoms with Crippen LogP contribution in [-0.4, -0.2) is 40.2 Å². The molecule has 12 heteroatoms. The van der Waals surface area contributed by atoms with Crippen molar-refractivity contribution >= 4 is 21.1 Å². The van der Waals surface area contributed by atoms with Gasteiger partial charge in [-0.15, -0.1) is 0 Å². The van der Waals surface area contributed by atoms with Crippen LogP contribution in [0.5, 0.6) is 0 Å². The van der Waals surface area contributed by atoms with Crippen LogP contribution < -0.4 is 4.72 Å². The summed E-state index contributed by atoms with van der Waals surface area (Å²) in [4.78, 5) is 12.2. The highest BCUT2D eigenvalue weighted by molar-refractivity contribution is 7.89. The van der Waals surface area contributed by atoms with Gasteiger partial charge in [0.05, 0.1) is 18.0 Å². The first-order valence-corrected chi connectivity index (χ1v) is 11.3. The standard InChI is InChI=1S/C20H19F3N6O2S/c1-11-6-15-16(7-24)17(29(13-4-3-5-13)19(15)27-8-11)18-25-9-14(10-26-18)32(30,31)28-12(2)20(21,22)23/h6,8-10,12-13,28H,3-5H2,1-2H3/t12-/m0/s1. The van der Waals surface area contributed by atoms with Crippen molar-refractivity contribution in [2.45, 2.75) is 56.3 Å². The number of sulfonamides is 1. The summed E-state index contributed by atoms with van der Waals surface area (Å²) in [5, 5.41) is 10.5. The van der Waals surface area contributed by atoms with E-state index in [1.54, 1.807) is 10.9 Å². The van der Waals surface area contributed by atoms with Gasteiger partial charge >= 0.3 is 6.18 Å². The van der Waals surface area contributed by atoms with Gasteiger partial charge in [0.25, 0.3) is 0 Å². The third-order valence-electron chi connectivity index (χ3n) is 5.50. The molecule has 0 amide bonds. The molecule has 3 aromatic rings. The van der Waals surface area contributed by atoms with Gasteiger partial charge in [-0.1, -0.05) is 0 Å². The van der Waals surface area contributed by atoms with Crippen molar-refractivity contribution in [1.82, 2.24) is 24.2 Å². The molecule has 8 nitrogen and oxygen atoms in total. The van der Waals surface area contributed by atoms with E-state index in [2.05, 4.69) is 21.0 Å². The van der Waals surface area contributed by atoms with Crippen LogP contribution in [0.25, 0.3) is 22.6 Å². The minimum absolute atomic E-state index is 0.103. The van der Waals surface area contributed by atoms with Crippen LogP contribution in [-0.2, 0) is 10.0 Å². The summed E-state index contributed by atoms with van der Waals surface area (Å²) in [6.07, 6.45) is 1.66. The highest BCUT2D eigenvalue weighted by Gasteiger charge is 2.39.